The number of benzene rings is 1. The van der Waals surface area contributed by atoms with Crippen LogP contribution >= 0.6 is 11.8 Å². The number of carbonyl (C=O) groups is 2. The second-order valence-electron chi connectivity index (χ2n) is 8.26. The van der Waals surface area contributed by atoms with Crippen molar-refractivity contribution in [3.8, 4) is 0 Å². The van der Waals surface area contributed by atoms with E-state index in [1.54, 1.807) is 0 Å². The number of nitrogens with one attached hydrogen (secondary N) is 2. The van der Waals surface area contributed by atoms with Gasteiger partial charge in [0.05, 0.1) is 22.9 Å². The third-order valence-corrected chi connectivity index (χ3v) is 5.60. The molecule has 1 saturated carbocycles. The van der Waals surface area contributed by atoms with Gasteiger partial charge in [0.25, 0.3) is 0 Å². The number of hydrogen-bond acceptors (Lipinski definition) is 4. The summed E-state index contributed by atoms with van der Waals surface area (Å²) in [6.45, 7) is 6.24. The number of thioether (sulfide) groups is 1. The van der Waals surface area contributed by atoms with E-state index in [1.165, 1.54) is 31.0 Å². The molecule has 0 aliphatic heterocycles. The Morgan fingerprint density at radius 2 is 1.70 bits per heavy atom. The molecule has 0 saturated heterocycles. The molecule has 0 aromatic heterocycles. The molecule has 1 aromatic rings. The summed E-state index contributed by atoms with van der Waals surface area (Å²) in [7, 11) is 1.90. The van der Waals surface area contributed by atoms with Crippen molar-refractivity contribution in [2.45, 2.75) is 64.5 Å². The smallest absolute Gasteiger partial charge is 0.234 e. The summed E-state index contributed by atoms with van der Waals surface area (Å²) in [6, 6.07) is 8.06. The second kappa shape index (κ2) is 10.0. The average molecular weight is 392 g/mol. The van der Waals surface area contributed by atoms with Gasteiger partial charge in [0.1, 0.15) is 0 Å². The number of amides is 2. The van der Waals surface area contributed by atoms with Gasteiger partial charge in [-0.25, -0.2) is 0 Å². The minimum Gasteiger partial charge on any atom is -0.379 e. The Hall–Kier alpha value is -1.69. The van der Waals surface area contributed by atoms with Crippen LogP contribution in [-0.2, 0) is 9.59 Å². The molecule has 2 N–H and O–H groups in total. The van der Waals surface area contributed by atoms with Crippen molar-refractivity contribution < 1.29 is 9.59 Å². The van der Waals surface area contributed by atoms with Gasteiger partial charge in [-0.2, -0.15) is 0 Å². The van der Waals surface area contributed by atoms with Gasteiger partial charge in [0.2, 0.25) is 11.8 Å². The van der Waals surface area contributed by atoms with Crippen molar-refractivity contribution in [2.75, 3.05) is 29.2 Å². The monoisotopic (exact) mass is 391 g/mol. The zero-order chi connectivity index (χ0) is 19.9. The molecule has 150 valence electrons. The first-order valence-electron chi connectivity index (χ1n) is 9.77. The van der Waals surface area contributed by atoms with E-state index in [-0.39, 0.29) is 23.1 Å². The van der Waals surface area contributed by atoms with Gasteiger partial charge in [-0.05, 0) is 45.7 Å². The summed E-state index contributed by atoms with van der Waals surface area (Å²) >= 11 is 1.38. The van der Waals surface area contributed by atoms with Gasteiger partial charge < -0.3 is 15.5 Å². The van der Waals surface area contributed by atoms with Crippen LogP contribution < -0.4 is 10.6 Å². The lowest BCUT2D eigenvalue weighted by molar-refractivity contribution is -0.129. The molecular weight excluding hydrogens is 358 g/mol. The number of nitrogens with zero attached hydrogens (tertiary/aromatic N) is 1. The van der Waals surface area contributed by atoms with Gasteiger partial charge in [-0.3, -0.25) is 9.59 Å². The van der Waals surface area contributed by atoms with Crippen LogP contribution in [0.15, 0.2) is 24.3 Å². The molecule has 1 fully saturated rings. The van der Waals surface area contributed by atoms with Crippen LogP contribution in [0.5, 0.6) is 0 Å². The summed E-state index contributed by atoms with van der Waals surface area (Å²) in [5, 5.41) is 6.35. The minimum atomic E-state index is -0.0916. The fraction of sp³-hybridized carbons (Fsp3) is 0.619. The summed E-state index contributed by atoms with van der Waals surface area (Å²) in [5.41, 5.74) is 1.58. The summed E-state index contributed by atoms with van der Waals surface area (Å²) in [6.07, 6.45) is 5.90. The van der Waals surface area contributed by atoms with Crippen molar-refractivity contribution in [3.63, 3.8) is 0 Å². The summed E-state index contributed by atoms with van der Waals surface area (Å²) < 4.78 is 0. The van der Waals surface area contributed by atoms with E-state index in [0.717, 1.165) is 24.2 Å². The van der Waals surface area contributed by atoms with Crippen LogP contribution in [0.3, 0.4) is 0 Å². The number of anilines is 2. The predicted octanol–water partition coefficient (Wildman–Crippen LogP) is 4.36. The third-order valence-electron chi connectivity index (χ3n) is 4.69. The Balaban J connectivity index is 1.79. The van der Waals surface area contributed by atoms with E-state index in [0.29, 0.717) is 11.8 Å². The number of carbonyl (C=O) groups excluding carboxylic acids is 2. The molecule has 0 radical (unpaired) electrons. The number of hydrogen-bond donors (Lipinski definition) is 2. The molecule has 6 heteroatoms. The standard InChI is InChI=1S/C21H33N3O2S/c1-21(2,3)23-18-13-9-8-12-17(18)22-19(25)14-27-15-20(26)24(4)16-10-6-5-7-11-16/h8-9,12-13,16,23H,5-7,10-11,14-15H2,1-4H3,(H,22,25). The van der Waals surface area contributed by atoms with Crippen LogP contribution in [-0.4, -0.2) is 46.8 Å². The molecule has 1 aliphatic carbocycles. The molecule has 1 aliphatic rings. The molecule has 0 bridgehead atoms. The Kier molecular flexibility index (Phi) is 8.02. The molecule has 0 atom stereocenters. The highest BCUT2D eigenvalue weighted by atomic mass is 32.2. The second-order valence-corrected chi connectivity index (χ2v) is 9.24. The van der Waals surface area contributed by atoms with Gasteiger partial charge >= 0.3 is 0 Å². The average Bonchev–Trinajstić information content (AvgIpc) is 2.62. The van der Waals surface area contributed by atoms with E-state index in [2.05, 4.69) is 31.4 Å². The Morgan fingerprint density at radius 1 is 1.07 bits per heavy atom. The van der Waals surface area contributed by atoms with E-state index in [4.69, 9.17) is 0 Å². The molecule has 1 aromatic carbocycles. The summed E-state index contributed by atoms with van der Waals surface area (Å²) in [5.74, 6) is 0.655. The van der Waals surface area contributed by atoms with E-state index in [9.17, 15) is 9.59 Å². The maximum atomic E-state index is 12.4. The first kappa shape index (κ1) is 21.6. The van der Waals surface area contributed by atoms with Crippen LogP contribution in [0.2, 0.25) is 0 Å². The number of rotatable bonds is 7. The molecular formula is C21H33N3O2S. The molecule has 0 unspecified atom stereocenters. The van der Waals surface area contributed by atoms with E-state index in [1.807, 2.05) is 36.2 Å². The van der Waals surface area contributed by atoms with Gasteiger partial charge in [0.15, 0.2) is 0 Å². The highest BCUT2D eigenvalue weighted by Gasteiger charge is 2.22. The highest BCUT2D eigenvalue weighted by Crippen LogP contribution is 2.25. The van der Waals surface area contributed by atoms with E-state index >= 15 is 0 Å². The Labute approximate surface area is 167 Å². The minimum absolute atomic E-state index is 0.0868. The summed E-state index contributed by atoms with van der Waals surface area (Å²) in [4.78, 5) is 26.5. The predicted molar refractivity (Wildman–Crippen MR) is 115 cm³/mol. The normalized spacial score (nSPS) is 15.3. The Morgan fingerprint density at radius 3 is 2.33 bits per heavy atom. The topological polar surface area (TPSA) is 61.4 Å². The fourth-order valence-corrected chi connectivity index (χ4v) is 4.03. The molecule has 0 heterocycles. The third kappa shape index (κ3) is 7.45. The molecule has 27 heavy (non-hydrogen) atoms. The lowest BCUT2D eigenvalue weighted by Crippen LogP contribution is -2.39. The maximum absolute atomic E-state index is 12.4. The first-order chi connectivity index (χ1) is 12.8. The zero-order valence-corrected chi connectivity index (χ0v) is 17.8. The van der Waals surface area contributed by atoms with E-state index < -0.39 is 0 Å². The fourth-order valence-electron chi connectivity index (χ4n) is 3.30. The van der Waals surface area contributed by atoms with Crippen molar-refractivity contribution in [1.29, 1.82) is 0 Å². The van der Waals surface area contributed by atoms with Crippen LogP contribution in [0.25, 0.3) is 0 Å². The largest absolute Gasteiger partial charge is 0.379 e. The lowest BCUT2D eigenvalue weighted by atomic mass is 9.94. The van der Waals surface area contributed by atoms with Crippen molar-refractivity contribution in [2.24, 2.45) is 0 Å². The van der Waals surface area contributed by atoms with Crippen LogP contribution in [0.4, 0.5) is 11.4 Å². The SMILES string of the molecule is CN(C(=O)CSCC(=O)Nc1ccccc1NC(C)(C)C)C1CCCCC1. The molecule has 0 spiro atoms. The quantitative estimate of drug-likeness (QED) is 0.725. The van der Waals surface area contributed by atoms with Gasteiger partial charge in [-0.1, -0.05) is 31.4 Å². The van der Waals surface area contributed by atoms with Crippen molar-refractivity contribution in [3.05, 3.63) is 24.3 Å². The van der Waals surface area contributed by atoms with Crippen LogP contribution in [0, 0.1) is 0 Å². The van der Waals surface area contributed by atoms with Crippen molar-refractivity contribution in [1.82, 2.24) is 4.90 Å². The molecule has 5 nitrogen and oxygen atoms in total. The lowest BCUT2D eigenvalue weighted by Gasteiger charge is -2.31. The highest BCUT2D eigenvalue weighted by molar-refractivity contribution is 8.00. The first-order valence-corrected chi connectivity index (χ1v) is 10.9. The van der Waals surface area contributed by atoms with Gasteiger partial charge in [-0.15, -0.1) is 11.8 Å². The maximum Gasteiger partial charge on any atom is 0.234 e. The zero-order valence-electron chi connectivity index (χ0n) is 17.0. The molecule has 2 amide bonds. The van der Waals surface area contributed by atoms with Crippen LogP contribution in [0.1, 0.15) is 52.9 Å². The van der Waals surface area contributed by atoms with Gasteiger partial charge in [0, 0.05) is 18.6 Å². The van der Waals surface area contributed by atoms with Crippen molar-refractivity contribution >= 4 is 35.0 Å². The Bertz CT molecular complexity index is 637. The molecule has 2 rings (SSSR count). The number of para-hydroxylation sites is 2.